The van der Waals surface area contributed by atoms with Crippen molar-refractivity contribution < 1.29 is 38.7 Å². The highest BCUT2D eigenvalue weighted by Crippen LogP contribution is 2.45. The van der Waals surface area contributed by atoms with Gasteiger partial charge in [-0.25, -0.2) is 14.6 Å². The number of hydrogen-bond donors (Lipinski definition) is 3. The van der Waals surface area contributed by atoms with Gasteiger partial charge in [0.2, 0.25) is 5.60 Å². The topological polar surface area (TPSA) is 181 Å². The van der Waals surface area contributed by atoms with Gasteiger partial charge in [0.15, 0.2) is 16.9 Å². The van der Waals surface area contributed by atoms with Crippen molar-refractivity contribution in [3.05, 3.63) is 213 Å². The van der Waals surface area contributed by atoms with Crippen molar-refractivity contribution in [2.45, 2.75) is 56.4 Å². The van der Waals surface area contributed by atoms with Crippen LogP contribution in [0.4, 0.5) is 9.93 Å². The zero-order chi connectivity index (χ0) is 49.3. The molecule has 0 aliphatic carbocycles. The van der Waals surface area contributed by atoms with Crippen molar-refractivity contribution in [3.8, 4) is 0 Å². The van der Waals surface area contributed by atoms with E-state index in [0.717, 1.165) is 22.5 Å². The van der Waals surface area contributed by atoms with Gasteiger partial charge in [0.1, 0.15) is 28.4 Å². The molecule has 6 aromatic rings. The maximum atomic E-state index is 14.9. The van der Waals surface area contributed by atoms with Crippen LogP contribution in [-0.2, 0) is 34.3 Å². The molecule has 2 atom stereocenters. The van der Waals surface area contributed by atoms with E-state index in [1.807, 2.05) is 152 Å². The first kappa shape index (κ1) is 49.0. The van der Waals surface area contributed by atoms with Crippen LogP contribution in [0.2, 0.25) is 0 Å². The van der Waals surface area contributed by atoms with Crippen molar-refractivity contribution in [2.24, 2.45) is 10.3 Å². The number of carbonyl (C=O) groups excluding carboxylic acids is 4. The van der Waals surface area contributed by atoms with Crippen LogP contribution in [0, 0.1) is 0 Å². The normalized spacial score (nSPS) is 16.4. The fraction of sp³-hybridized carbons (Fsp3) is 0.189. The van der Waals surface area contributed by atoms with E-state index in [9.17, 15) is 24.4 Å². The average Bonchev–Trinajstić information content (AvgIpc) is 3.83. The highest BCUT2D eigenvalue weighted by Gasteiger charge is 2.55. The summed E-state index contributed by atoms with van der Waals surface area (Å²) in [6.07, 6.45) is 0.0194. The number of thiazole rings is 1. The van der Waals surface area contributed by atoms with Crippen LogP contribution in [0.3, 0.4) is 0 Å². The van der Waals surface area contributed by atoms with E-state index in [1.165, 1.54) is 28.4 Å². The molecule has 3 amide bonds. The third kappa shape index (κ3) is 11.0. The monoisotopic (exact) mass is 992 g/mol. The summed E-state index contributed by atoms with van der Waals surface area (Å²) in [4.78, 5) is 70.1. The zero-order valence-corrected chi connectivity index (χ0v) is 40.9. The molecule has 0 spiro atoms. The van der Waals surface area contributed by atoms with Gasteiger partial charge in [0, 0.05) is 32.7 Å². The molecule has 1 saturated heterocycles. The average molecular weight is 993 g/mol. The number of esters is 1. The number of nitrogens with zero attached hydrogens (tertiary/aromatic N) is 4. The highest BCUT2D eigenvalue weighted by atomic mass is 32.2. The Morgan fingerprint density at radius 1 is 0.829 bits per heavy atom. The molecule has 1 aromatic heterocycles. The van der Waals surface area contributed by atoms with Gasteiger partial charge in [-0.05, 0) is 50.3 Å². The molecule has 356 valence electrons. The summed E-state index contributed by atoms with van der Waals surface area (Å²) in [6.45, 7) is 6.81. The van der Waals surface area contributed by atoms with Crippen LogP contribution in [0.15, 0.2) is 189 Å². The lowest BCUT2D eigenvalue weighted by atomic mass is 9.80. The third-order valence-electron chi connectivity index (χ3n) is 10.9. The molecule has 8 rings (SSSR count). The van der Waals surface area contributed by atoms with Gasteiger partial charge >= 0.3 is 12.1 Å². The summed E-state index contributed by atoms with van der Waals surface area (Å²) in [6, 6.07) is 45.9. The fourth-order valence-corrected chi connectivity index (χ4v) is 10.8. The summed E-state index contributed by atoms with van der Waals surface area (Å²) >= 11 is 3.58. The smallest absolute Gasteiger partial charge is 0.413 e. The number of β-lactam (4-membered cyclic amide) rings is 1. The van der Waals surface area contributed by atoms with Gasteiger partial charge in [-0.15, -0.1) is 23.1 Å². The largest absolute Gasteiger partial charge is 0.448 e. The SMILES string of the molecule is CC(/C=C/SC1=C(C(=O)OC(c2ccccc2)c2ccccc2)N2C(=O)C(NC(=O)/C(=N\OC(c3ccccc3)(c3ccccc3)c3ccccc3)c3csc(NC(=O)OC(C)(C)C)n3)[C@H]2SC1)=N\O. The Kier molecular flexibility index (Phi) is 15.3. The Morgan fingerprint density at radius 2 is 1.36 bits per heavy atom. The maximum absolute atomic E-state index is 14.9. The second-order valence-corrected chi connectivity index (χ2v) is 19.8. The Balaban J connectivity index is 1.15. The van der Waals surface area contributed by atoms with E-state index in [1.54, 1.807) is 44.6 Å². The summed E-state index contributed by atoms with van der Waals surface area (Å²) in [5.41, 5.74) is 1.50. The number of rotatable bonds is 16. The number of anilines is 1. The molecule has 70 heavy (non-hydrogen) atoms. The van der Waals surface area contributed by atoms with Gasteiger partial charge in [-0.2, -0.15) is 0 Å². The summed E-state index contributed by atoms with van der Waals surface area (Å²) in [7, 11) is 0. The number of allylic oxidation sites excluding steroid dienone is 1. The van der Waals surface area contributed by atoms with Gasteiger partial charge in [-0.3, -0.25) is 19.8 Å². The van der Waals surface area contributed by atoms with E-state index in [4.69, 9.17) is 14.3 Å². The summed E-state index contributed by atoms with van der Waals surface area (Å²) in [5.74, 6) is -1.85. The first-order valence-corrected chi connectivity index (χ1v) is 24.9. The molecule has 0 radical (unpaired) electrons. The zero-order valence-electron chi connectivity index (χ0n) is 38.4. The Labute approximate surface area is 417 Å². The highest BCUT2D eigenvalue weighted by molar-refractivity contribution is 8.08. The Morgan fingerprint density at radius 3 is 1.87 bits per heavy atom. The lowest BCUT2D eigenvalue weighted by molar-refractivity contribution is -0.154. The quantitative estimate of drug-likeness (QED) is 0.0210. The molecule has 3 N–H and O–H groups in total. The van der Waals surface area contributed by atoms with Crippen molar-refractivity contribution in [3.63, 3.8) is 0 Å². The predicted molar refractivity (Wildman–Crippen MR) is 273 cm³/mol. The van der Waals surface area contributed by atoms with Crippen LogP contribution in [0.5, 0.6) is 0 Å². The minimum atomic E-state index is -1.40. The molecular formula is C53H48N6O8S3. The fourth-order valence-electron chi connectivity index (χ4n) is 7.70. The van der Waals surface area contributed by atoms with Crippen LogP contribution >= 0.6 is 34.9 Å². The van der Waals surface area contributed by atoms with E-state index < -0.39 is 52.6 Å². The first-order valence-electron chi connectivity index (χ1n) is 22.1. The number of nitrogens with one attached hydrogen (secondary N) is 2. The van der Waals surface area contributed by atoms with Gasteiger partial charge in [0.25, 0.3) is 11.8 Å². The van der Waals surface area contributed by atoms with Crippen molar-refractivity contribution in [1.29, 1.82) is 0 Å². The molecule has 1 unspecified atom stereocenters. The molecule has 14 nitrogen and oxygen atoms in total. The second-order valence-electron chi connectivity index (χ2n) is 16.9. The Bertz CT molecular complexity index is 2810. The number of oxime groups is 2. The number of ether oxygens (including phenoxy) is 2. The van der Waals surface area contributed by atoms with Crippen molar-refractivity contribution in [2.75, 3.05) is 11.1 Å². The van der Waals surface area contributed by atoms with Crippen molar-refractivity contribution >= 4 is 75.3 Å². The van der Waals surface area contributed by atoms with Gasteiger partial charge < -0.3 is 24.8 Å². The number of aromatic nitrogens is 1. The van der Waals surface area contributed by atoms with E-state index in [2.05, 4.69) is 25.9 Å². The number of hydrogen-bond acceptors (Lipinski definition) is 14. The molecule has 5 aromatic carbocycles. The molecule has 1 fully saturated rings. The number of thioether (sulfide) groups is 2. The van der Waals surface area contributed by atoms with Gasteiger partial charge in [-0.1, -0.05) is 174 Å². The lowest BCUT2D eigenvalue weighted by Gasteiger charge is -2.49. The summed E-state index contributed by atoms with van der Waals surface area (Å²) < 4.78 is 11.8. The van der Waals surface area contributed by atoms with E-state index >= 15 is 0 Å². The molecule has 17 heteroatoms. The number of carbonyl (C=O) groups is 4. The number of benzene rings is 5. The van der Waals surface area contributed by atoms with Crippen LogP contribution in [0.1, 0.15) is 67.3 Å². The summed E-state index contributed by atoms with van der Waals surface area (Å²) in [5, 5.41) is 25.2. The lowest BCUT2D eigenvalue weighted by Crippen LogP contribution is -2.71. The Hall–Kier alpha value is -7.47. The van der Waals surface area contributed by atoms with Crippen molar-refractivity contribution in [1.82, 2.24) is 15.2 Å². The molecular weight excluding hydrogens is 945 g/mol. The third-order valence-corrected chi connectivity index (χ3v) is 14.0. The molecule has 3 heterocycles. The molecule has 0 saturated carbocycles. The minimum absolute atomic E-state index is 0.0253. The maximum Gasteiger partial charge on any atom is 0.413 e. The molecule has 0 bridgehead atoms. The second kappa shape index (κ2) is 21.9. The first-order chi connectivity index (χ1) is 33.9. The van der Waals surface area contributed by atoms with Crippen LogP contribution in [-0.4, -0.2) is 73.2 Å². The van der Waals surface area contributed by atoms with Crippen LogP contribution in [0.25, 0.3) is 0 Å². The standard InChI is InChI=1S/C53H48N6O8S3/c1-34(57-64)30-31-68-41-33-69-48-43(47(61)59(48)44(41)49(62)65-45(35-20-10-5-11-21-35)36-22-12-6-13-23-36)55-46(60)42(40-32-70-50(54-40)56-51(63)66-52(2,3)4)58-67-53(37-24-14-7-15-25-37,38-26-16-8-17-27-38)39-28-18-9-19-29-39/h5-32,43,45,48,64H,33H2,1-4H3,(H,55,60)(H,54,56,63)/b31-30+,57-34+,58-42-/t43?,48-/m1/s1. The minimum Gasteiger partial charge on any atom is -0.448 e. The molecule has 2 aliphatic heterocycles. The van der Waals surface area contributed by atoms with Gasteiger partial charge in [0.05, 0.1) is 5.71 Å². The number of amides is 3. The number of fused-ring (bicyclic) bond motifs is 1. The van der Waals surface area contributed by atoms with E-state index in [-0.39, 0.29) is 28.0 Å². The molecule has 2 aliphatic rings. The van der Waals surface area contributed by atoms with Crippen LogP contribution < -0.4 is 10.6 Å². The predicted octanol–water partition coefficient (Wildman–Crippen LogP) is 10.2. The van der Waals surface area contributed by atoms with E-state index in [0.29, 0.717) is 27.3 Å².